The smallest absolute Gasteiger partial charge is 0.226 e. The van der Waals surface area contributed by atoms with E-state index in [1.807, 2.05) is 25.1 Å². The minimum absolute atomic E-state index is 0.170. The molecular weight excluding hydrogens is 194 g/mol. The van der Waals surface area contributed by atoms with Crippen LogP contribution in [-0.4, -0.2) is 11.3 Å². The zero-order valence-electron chi connectivity index (χ0n) is 8.07. The number of benzene rings is 1. The first-order chi connectivity index (χ1) is 6.77. The van der Waals surface area contributed by atoms with Crippen molar-refractivity contribution in [3.8, 4) is 0 Å². The predicted molar refractivity (Wildman–Crippen MR) is 58.8 cm³/mol. The Bertz CT molecular complexity index is 325. The Kier molecular flexibility index (Phi) is 2.77. The molecule has 1 amide bonds. The van der Waals surface area contributed by atoms with E-state index in [0.717, 1.165) is 5.75 Å². The molecule has 1 aliphatic rings. The highest BCUT2D eigenvalue weighted by molar-refractivity contribution is 7.99. The van der Waals surface area contributed by atoms with E-state index in [0.29, 0.717) is 5.37 Å². The second-order valence-electron chi connectivity index (χ2n) is 3.51. The maximum absolute atomic E-state index is 10.9. The van der Waals surface area contributed by atoms with Crippen LogP contribution in [0.15, 0.2) is 30.3 Å². The molecule has 2 rings (SSSR count). The third-order valence-electron chi connectivity index (χ3n) is 2.42. The highest BCUT2D eigenvalue weighted by atomic mass is 32.2. The largest absolute Gasteiger partial charge is 0.343 e. The van der Waals surface area contributed by atoms with E-state index in [1.165, 1.54) is 5.56 Å². The molecule has 1 fully saturated rings. The number of rotatable bonds is 3. The highest BCUT2D eigenvalue weighted by Crippen LogP contribution is 2.27. The van der Waals surface area contributed by atoms with E-state index < -0.39 is 0 Å². The number of nitrogens with one attached hydrogen (secondary N) is 1. The molecule has 1 N–H and O–H groups in total. The topological polar surface area (TPSA) is 29.1 Å². The van der Waals surface area contributed by atoms with E-state index in [2.05, 4.69) is 17.4 Å². The Labute approximate surface area is 88.1 Å². The van der Waals surface area contributed by atoms with Crippen LogP contribution >= 0.6 is 11.8 Å². The standard InChI is InChI=1S/C11H13NOS/c1-8-10(13)12-11(8)14-7-9-5-3-2-4-6-9/h2-6,8,11H,7H2,1H3,(H,12,13)/t8-,11+/m0/s1. The molecule has 0 unspecified atom stereocenters. The summed E-state index contributed by atoms with van der Waals surface area (Å²) in [5, 5.41) is 3.19. The van der Waals surface area contributed by atoms with Gasteiger partial charge < -0.3 is 5.32 Å². The Balaban J connectivity index is 1.81. The summed E-state index contributed by atoms with van der Waals surface area (Å²) in [4.78, 5) is 10.9. The highest BCUT2D eigenvalue weighted by Gasteiger charge is 2.35. The number of amides is 1. The summed E-state index contributed by atoms with van der Waals surface area (Å²) in [6, 6.07) is 10.3. The molecule has 2 atom stereocenters. The minimum atomic E-state index is 0.170. The van der Waals surface area contributed by atoms with Crippen LogP contribution in [0.4, 0.5) is 0 Å². The van der Waals surface area contributed by atoms with Gasteiger partial charge in [0.1, 0.15) is 0 Å². The van der Waals surface area contributed by atoms with Gasteiger partial charge in [-0.2, -0.15) is 0 Å². The van der Waals surface area contributed by atoms with Crippen LogP contribution < -0.4 is 5.32 Å². The lowest BCUT2D eigenvalue weighted by atomic mass is 10.1. The van der Waals surface area contributed by atoms with Gasteiger partial charge in [0.05, 0.1) is 11.3 Å². The molecule has 0 bridgehead atoms. The monoisotopic (exact) mass is 207 g/mol. The molecule has 74 valence electrons. The zero-order valence-corrected chi connectivity index (χ0v) is 8.88. The number of β-lactam (4-membered cyclic amide) rings is 1. The van der Waals surface area contributed by atoms with Crippen molar-refractivity contribution in [1.29, 1.82) is 0 Å². The lowest BCUT2D eigenvalue weighted by molar-refractivity contribution is -0.131. The second kappa shape index (κ2) is 4.05. The first-order valence-electron chi connectivity index (χ1n) is 4.73. The summed E-state index contributed by atoms with van der Waals surface area (Å²) in [5.74, 6) is 1.31. The van der Waals surface area contributed by atoms with Gasteiger partial charge >= 0.3 is 0 Å². The molecule has 0 spiro atoms. The van der Waals surface area contributed by atoms with E-state index in [1.54, 1.807) is 11.8 Å². The molecule has 2 nitrogen and oxygen atoms in total. The summed E-state index contributed by atoms with van der Waals surface area (Å²) in [6.07, 6.45) is 0. The molecule has 14 heavy (non-hydrogen) atoms. The van der Waals surface area contributed by atoms with E-state index in [-0.39, 0.29) is 11.8 Å². The van der Waals surface area contributed by atoms with Crippen LogP contribution in [0.5, 0.6) is 0 Å². The SMILES string of the molecule is C[C@H]1C(=O)N[C@@H]1SCc1ccccc1. The van der Waals surface area contributed by atoms with Gasteiger partial charge in [-0.15, -0.1) is 11.8 Å². The average Bonchev–Trinajstić information content (AvgIpc) is 2.25. The fraction of sp³-hybridized carbons (Fsp3) is 0.364. The van der Waals surface area contributed by atoms with Crippen LogP contribution in [0.2, 0.25) is 0 Å². The molecule has 1 aromatic carbocycles. The van der Waals surface area contributed by atoms with Gasteiger partial charge in [-0.3, -0.25) is 4.79 Å². The predicted octanol–water partition coefficient (Wildman–Crippen LogP) is 2.01. The summed E-state index contributed by atoms with van der Waals surface area (Å²) < 4.78 is 0. The number of carbonyl (C=O) groups is 1. The van der Waals surface area contributed by atoms with Crippen molar-refractivity contribution in [2.45, 2.75) is 18.1 Å². The maximum atomic E-state index is 10.9. The Morgan fingerprint density at radius 2 is 2.07 bits per heavy atom. The Hall–Kier alpha value is -0.960. The molecule has 0 saturated carbocycles. The third-order valence-corrected chi connectivity index (χ3v) is 3.81. The van der Waals surface area contributed by atoms with Gasteiger partial charge in [0.2, 0.25) is 5.91 Å². The molecule has 0 aliphatic carbocycles. The summed E-state index contributed by atoms with van der Waals surface area (Å²) in [5.41, 5.74) is 1.31. The molecule has 0 aromatic heterocycles. The Morgan fingerprint density at radius 3 is 2.64 bits per heavy atom. The summed E-state index contributed by atoms with van der Waals surface area (Å²) in [6.45, 7) is 1.97. The van der Waals surface area contributed by atoms with E-state index in [4.69, 9.17) is 0 Å². The number of hydrogen-bond donors (Lipinski definition) is 1. The first kappa shape index (κ1) is 9.59. The third kappa shape index (κ3) is 1.93. The van der Waals surface area contributed by atoms with Gasteiger partial charge in [0.15, 0.2) is 0 Å². The molecule has 0 radical (unpaired) electrons. The van der Waals surface area contributed by atoms with Gasteiger partial charge in [0.25, 0.3) is 0 Å². The van der Waals surface area contributed by atoms with Gasteiger partial charge in [-0.25, -0.2) is 0 Å². The van der Waals surface area contributed by atoms with Crippen molar-refractivity contribution in [3.63, 3.8) is 0 Å². The van der Waals surface area contributed by atoms with Crippen molar-refractivity contribution in [3.05, 3.63) is 35.9 Å². The van der Waals surface area contributed by atoms with Crippen LogP contribution in [0.1, 0.15) is 12.5 Å². The van der Waals surface area contributed by atoms with Crippen molar-refractivity contribution >= 4 is 17.7 Å². The number of hydrogen-bond acceptors (Lipinski definition) is 2. The molecule has 1 saturated heterocycles. The van der Waals surface area contributed by atoms with Gasteiger partial charge in [-0.05, 0) is 5.56 Å². The van der Waals surface area contributed by atoms with Crippen LogP contribution in [0.3, 0.4) is 0 Å². The lowest BCUT2D eigenvalue weighted by Gasteiger charge is -2.33. The summed E-state index contributed by atoms with van der Waals surface area (Å²) >= 11 is 1.80. The number of thioether (sulfide) groups is 1. The van der Waals surface area contributed by atoms with Crippen molar-refractivity contribution in [1.82, 2.24) is 5.32 Å². The summed E-state index contributed by atoms with van der Waals surface area (Å²) in [7, 11) is 0. The van der Waals surface area contributed by atoms with Gasteiger partial charge in [0, 0.05) is 5.75 Å². The second-order valence-corrected chi connectivity index (χ2v) is 4.64. The quantitative estimate of drug-likeness (QED) is 0.768. The minimum Gasteiger partial charge on any atom is -0.343 e. The van der Waals surface area contributed by atoms with Crippen LogP contribution in [0, 0.1) is 5.92 Å². The Morgan fingerprint density at radius 1 is 1.36 bits per heavy atom. The lowest BCUT2D eigenvalue weighted by Crippen LogP contribution is -2.54. The van der Waals surface area contributed by atoms with Crippen LogP contribution in [-0.2, 0) is 10.5 Å². The average molecular weight is 207 g/mol. The van der Waals surface area contributed by atoms with Crippen molar-refractivity contribution in [2.24, 2.45) is 5.92 Å². The fourth-order valence-electron chi connectivity index (χ4n) is 1.38. The number of carbonyl (C=O) groups excluding carboxylic acids is 1. The molecular formula is C11H13NOS. The molecule has 3 heteroatoms. The van der Waals surface area contributed by atoms with Crippen LogP contribution in [0.25, 0.3) is 0 Å². The van der Waals surface area contributed by atoms with E-state index in [9.17, 15) is 4.79 Å². The first-order valence-corrected chi connectivity index (χ1v) is 5.78. The normalized spacial score (nSPS) is 25.4. The molecule has 1 aromatic rings. The van der Waals surface area contributed by atoms with Crippen molar-refractivity contribution < 1.29 is 4.79 Å². The molecule has 1 heterocycles. The maximum Gasteiger partial charge on any atom is 0.226 e. The zero-order chi connectivity index (χ0) is 9.97. The molecule has 1 aliphatic heterocycles. The van der Waals surface area contributed by atoms with Gasteiger partial charge in [-0.1, -0.05) is 37.3 Å². The van der Waals surface area contributed by atoms with Crippen molar-refractivity contribution in [2.75, 3.05) is 0 Å². The van der Waals surface area contributed by atoms with E-state index >= 15 is 0 Å². The fourth-order valence-corrected chi connectivity index (χ4v) is 2.56.